The zero-order chi connectivity index (χ0) is 14.7. The lowest BCUT2D eigenvalue weighted by molar-refractivity contribution is -0.384. The van der Waals surface area contributed by atoms with Crippen molar-refractivity contribution in [3.63, 3.8) is 0 Å². The lowest BCUT2D eigenvalue weighted by Crippen LogP contribution is -1.96. The zero-order valence-corrected chi connectivity index (χ0v) is 12.4. The number of nitrogens with zero attached hydrogens (tertiary/aromatic N) is 2. The van der Waals surface area contributed by atoms with Crippen LogP contribution in [0.5, 0.6) is 5.75 Å². The molecular weight excluding hydrogens is 308 g/mol. The summed E-state index contributed by atoms with van der Waals surface area (Å²) >= 11 is 3.21. The Bertz CT molecular complexity index is 736. The van der Waals surface area contributed by atoms with E-state index in [2.05, 4.69) is 10.4 Å². The highest BCUT2D eigenvalue weighted by Crippen LogP contribution is 2.26. The summed E-state index contributed by atoms with van der Waals surface area (Å²) in [6.07, 6.45) is 0. The van der Waals surface area contributed by atoms with Gasteiger partial charge >= 0.3 is 0 Å². The first-order valence-electron chi connectivity index (χ1n) is 6.06. The summed E-state index contributed by atoms with van der Waals surface area (Å²) < 4.78 is 5.58. The summed E-state index contributed by atoms with van der Waals surface area (Å²) in [6.45, 7) is 0.346. The largest absolute Gasteiger partial charge is 0.487 e. The summed E-state index contributed by atoms with van der Waals surface area (Å²) in [5.41, 5.74) is 2.02. The highest BCUT2D eigenvalue weighted by molar-refractivity contribution is 7.14. The number of nitro groups is 1. The van der Waals surface area contributed by atoms with E-state index in [9.17, 15) is 10.1 Å². The minimum atomic E-state index is -0.433. The number of benzene rings is 1. The maximum Gasteiger partial charge on any atom is 0.269 e. The van der Waals surface area contributed by atoms with Crippen LogP contribution in [0.2, 0.25) is 0 Å². The van der Waals surface area contributed by atoms with Crippen molar-refractivity contribution in [1.29, 1.82) is 0 Å². The molecule has 106 valence electrons. The predicted octanol–water partition coefficient (Wildman–Crippen LogP) is 4.36. The third-order valence-corrected chi connectivity index (χ3v) is 4.38. The van der Waals surface area contributed by atoms with Gasteiger partial charge in [-0.05, 0) is 23.6 Å². The average molecular weight is 318 g/mol. The molecule has 3 aromatic rings. The molecule has 5 nitrogen and oxygen atoms in total. The quantitative estimate of drug-likeness (QED) is 0.518. The first kappa shape index (κ1) is 13.7. The summed E-state index contributed by atoms with van der Waals surface area (Å²) in [6, 6.07) is 8.05. The molecule has 2 aromatic heterocycles. The van der Waals surface area contributed by atoms with Crippen LogP contribution in [0.4, 0.5) is 5.69 Å². The number of hydrogen-bond acceptors (Lipinski definition) is 6. The third-order valence-electron chi connectivity index (χ3n) is 2.75. The number of ether oxygens (including phenoxy) is 1. The molecule has 0 bridgehead atoms. The predicted molar refractivity (Wildman–Crippen MR) is 82.9 cm³/mol. The second-order valence-corrected chi connectivity index (χ2v) is 5.83. The Morgan fingerprint density at radius 3 is 2.67 bits per heavy atom. The van der Waals surface area contributed by atoms with E-state index in [4.69, 9.17) is 4.74 Å². The summed E-state index contributed by atoms with van der Waals surface area (Å²) in [4.78, 5) is 14.6. The van der Waals surface area contributed by atoms with Gasteiger partial charge in [0.1, 0.15) is 17.4 Å². The summed E-state index contributed by atoms with van der Waals surface area (Å²) in [5.74, 6) is 0.589. The van der Waals surface area contributed by atoms with Crippen molar-refractivity contribution in [2.24, 2.45) is 0 Å². The minimum absolute atomic E-state index is 0.0516. The van der Waals surface area contributed by atoms with Crippen molar-refractivity contribution in [3.8, 4) is 16.3 Å². The normalized spacial score (nSPS) is 10.5. The molecular formula is C14H10N2O3S2. The zero-order valence-electron chi connectivity index (χ0n) is 10.8. The number of rotatable bonds is 5. The van der Waals surface area contributed by atoms with Crippen LogP contribution in [-0.4, -0.2) is 9.91 Å². The number of non-ortho nitro benzene ring substituents is 1. The molecule has 0 aliphatic heterocycles. The molecule has 0 amide bonds. The lowest BCUT2D eigenvalue weighted by Gasteiger charge is -2.03. The van der Waals surface area contributed by atoms with E-state index in [0.29, 0.717) is 12.4 Å². The summed E-state index contributed by atoms with van der Waals surface area (Å²) in [7, 11) is 0. The first-order valence-corrected chi connectivity index (χ1v) is 7.89. The smallest absolute Gasteiger partial charge is 0.269 e. The molecule has 21 heavy (non-hydrogen) atoms. The second-order valence-electron chi connectivity index (χ2n) is 4.20. The average Bonchev–Trinajstić information content (AvgIpc) is 3.16. The fourth-order valence-electron chi connectivity index (χ4n) is 1.71. The molecule has 3 rings (SSSR count). The fraction of sp³-hybridized carbons (Fsp3) is 0.0714. The SMILES string of the molecule is O=[N+]([O-])c1ccc(OCc2csc(-c3ccsc3)n2)cc1. The molecule has 1 aromatic carbocycles. The van der Waals surface area contributed by atoms with Crippen molar-refractivity contribution in [2.45, 2.75) is 6.61 Å². The molecule has 0 unspecified atom stereocenters. The minimum Gasteiger partial charge on any atom is -0.487 e. The highest BCUT2D eigenvalue weighted by atomic mass is 32.1. The standard InChI is InChI=1S/C14H10N2O3S2/c17-16(18)12-1-3-13(4-2-12)19-7-11-9-21-14(15-11)10-5-6-20-8-10/h1-6,8-9H,7H2. The van der Waals surface area contributed by atoms with E-state index in [1.807, 2.05) is 16.8 Å². The number of nitro benzene ring substituents is 1. The van der Waals surface area contributed by atoms with Crippen LogP contribution in [0.15, 0.2) is 46.5 Å². The Hall–Kier alpha value is -2.25. The maximum absolute atomic E-state index is 10.6. The topological polar surface area (TPSA) is 65.3 Å². The fourth-order valence-corrected chi connectivity index (χ4v) is 3.23. The van der Waals surface area contributed by atoms with Crippen LogP contribution in [0, 0.1) is 10.1 Å². The van der Waals surface area contributed by atoms with Crippen LogP contribution in [0.3, 0.4) is 0 Å². The van der Waals surface area contributed by atoms with Crippen LogP contribution >= 0.6 is 22.7 Å². The van der Waals surface area contributed by atoms with Gasteiger partial charge in [0.15, 0.2) is 0 Å². The van der Waals surface area contributed by atoms with Gasteiger partial charge < -0.3 is 4.74 Å². The van der Waals surface area contributed by atoms with Gasteiger partial charge in [-0.3, -0.25) is 10.1 Å². The number of aromatic nitrogens is 1. The second kappa shape index (κ2) is 6.02. The molecule has 2 heterocycles. The monoisotopic (exact) mass is 318 g/mol. The van der Waals surface area contributed by atoms with Crippen molar-refractivity contribution in [3.05, 3.63) is 62.3 Å². The Morgan fingerprint density at radius 1 is 1.19 bits per heavy atom. The van der Waals surface area contributed by atoms with Crippen molar-refractivity contribution < 1.29 is 9.66 Å². The van der Waals surface area contributed by atoms with Gasteiger partial charge in [0.25, 0.3) is 5.69 Å². The van der Waals surface area contributed by atoms with Crippen molar-refractivity contribution >= 4 is 28.4 Å². The van der Waals surface area contributed by atoms with Gasteiger partial charge in [-0.2, -0.15) is 11.3 Å². The van der Waals surface area contributed by atoms with E-state index < -0.39 is 4.92 Å². The molecule has 0 aliphatic carbocycles. The molecule has 0 saturated carbocycles. The van der Waals surface area contributed by atoms with Crippen LogP contribution < -0.4 is 4.74 Å². The molecule has 0 radical (unpaired) electrons. The molecule has 0 atom stereocenters. The highest BCUT2D eigenvalue weighted by Gasteiger charge is 2.07. The van der Waals surface area contributed by atoms with Gasteiger partial charge in [-0.1, -0.05) is 0 Å². The number of thiazole rings is 1. The van der Waals surface area contributed by atoms with E-state index >= 15 is 0 Å². The third kappa shape index (κ3) is 3.26. The lowest BCUT2D eigenvalue weighted by atomic mass is 10.3. The Kier molecular flexibility index (Phi) is 3.94. The van der Waals surface area contributed by atoms with Gasteiger partial charge in [0.2, 0.25) is 0 Å². The van der Waals surface area contributed by atoms with Crippen molar-refractivity contribution in [2.75, 3.05) is 0 Å². The molecule has 0 N–H and O–H groups in total. The van der Waals surface area contributed by atoms with Crippen LogP contribution in [0.25, 0.3) is 10.6 Å². The first-order chi connectivity index (χ1) is 10.2. The van der Waals surface area contributed by atoms with Crippen LogP contribution in [0.1, 0.15) is 5.69 Å². The maximum atomic E-state index is 10.6. The van der Waals surface area contributed by atoms with E-state index in [1.54, 1.807) is 34.8 Å². The van der Waals surface area contributed by atoms with Gasteiger partial charge in [0, 0.05) is 28.5 Å². The number of thiophene rings is 1. The van der Waals surface area contributed by atoms with E-state index in [0.717, 1.165) is 16.3 Å². The summed E-state index contributed by atoms with van der Waals surface area (Å²) in [5, 5.41) is 17.6. The molecule has 7 heteroatoms. The Morgan fingerprint density at radius 2 is 2.00 bits per heavy atom. The molecule has 0 saturated heterocycles. The van der Waals surface area contributed by atoms with Gasteiger partial charge in [-0.15, -0.1) is 11.3 Å². The molecule has 0 spiro atoms. The van der Waals surface area contributed by atoms with Gasteiger partial charge in [-0.25, -0.2) is 4.98 Å². The number of hydrogen-bond donors (Lipinski definition) is 0. The Balaban J connectivity index is 1.64. The van der Waals surface area contributed by atoms with E-state index in [-0.39, 0.29) is 5.69 Å². The molecule has 0 fully saturated rings. The van der Waals surface area contributed by atoms with E-state index in [1.165, 1.54) is 12.1 Å². The van der Waals surface area contributed by atoms with Gasteiger partial charge in [0.05, 0.1) is 10.6 Å². The van der Waals surface area contributed by atoms with Crippen LogP contribution in [-0.2, 0) is 6.61 Å². The molecule has 0 aliphatic rings. The van der Waals surface area contributed by atoms with Crippen molar-refractivity contribution in [1.82, 2.24) is 4.98 Å². The Labute approximate surface area is 128 Å².